The second kappa shape index (κ2) is 5.17. The molecule has 0 saturated carbocycles. The molecule has 2 nitrogen and oxygen atoms in total. The Kier molecular flexibility index (Phi) is 3.21. The summed E-state index contributed by atoms with van der Waals surface area (Å²) < 4.78 is 2.02. The summed E-state index contributed by atoms with van der Waals surface area (Å²) in [5, 5.41) is 1.22. The molecule has 2 aromatic carbocycles. The Bertz CT molecular complexity index is 774. The zero-order valence-electron chi connectivity index (χ0n) is 11.5. The average Bonchev–Trinajstić information content (AvgIpc) is 2.49. The third kappa shape index (κ3) is 2.28. The predicted molar refractivity (Wildman–Crippen MR) is 83.7 cm³/mol. The largest absolute Gasteiger partial charge is 0.287 e. The first-order valence-electron chi connectivity index (χ1n) is 6.68. The third-order valence-corrected chi connectivity index (χ3v) is 3.45. The summed E-state index contributed by atoms with van der Waals surface area (Å²) in [5.74, 6) is 0.715. The highest BCUT2D eigenvalue weighted by atomic mass is 15.0. The van der Waals surface area contributed by atoms with Crippen molar-refractivity contribution in [3.63, 3.8) is 0 Å². The lowest BCUT2D eigenvalue weighted by molar-refractivity contribution is -0.553. The lowest BCUT2D eigenvalue weighted by Gasteiger charge is -2.06. The first kappa shape index (κ1) is 12.4. The number of fused-ring (bicyclic) bond motifs is 1. The van der Waals surface area contributed by atoms with Crippen LogP contribution in [-0.2, 0) is 0 Å². The molecule has 0 amide bonds. The molecule has 0 saturated heterocycles. The molecule has 20 heavy (non-hydrogen) atoms. The Balaban J connectivity index is 2.15. The van der Waals surface area contributed by atoms with Crippen LogP contribution in [0.4, 0.5) is 0 Å². The van der Waals surface area contributed by atoms with Crippen LogP contribution < -0.4 is 10.3 Å². The van der Waals surface area contributed by atoms with Crippen molar-refractivity contribution in [3.8, 4) is 0 Å². The van der Waals surface area contributed by atoms with E-state index >= 15 is 0 Å². The maximum Gasteiger partial charge on any atom is 0.278 e. The van der Waals surface area contributed by atoms with E-state index in [9.17, 15) is 0 Å². The second-order valence-electron chi connectivity index (χ2n) is 4.87. The summed E-state index contributed by atoms with van der Waals surface area (Å²) in [5.41, 5.74) is 9.74. The van der Waals surface area contributed by atoms with Crippen LogP contribution in [0.25, 0.3) is 22.8 Å². The van der Waals surface area contributed by atoms with Gasteiger partial charge in [0.1, 0.15) is 5.52 Å². The molecule has 98 valence electrons. The maximum absolute atomic E-state index is 6.27. The van der Waals surface area contributed by atoms with Gasteiger partial charge in [-0.15, -0.1) is 0 Å². The lowest BCUT2D eigenvalue weighted by Crippen LogP contribution is -2.37. The van der Waals surface area contributed by atoms with E-state index in [-0.39, 0.29) is 0 Å². The third-order valence-electron chi connectivity index (χ3n) is 3.45. The number of aryl methyl sites for hydroxylation is 1. The molecule has 0 atom stereocenters. The monoisotopic (exact) mass is 261 g/mol. The number of nitrogens with two attached hydrogens (primary N) is 1. The molecule has 0 aliphatic heterocycles. The number of aromatic nitrogens is 1. The van der Waals surface area contributed by atoms with Gasteiger partial charge in [-0.25, -0.2) is 0 Å². The molecule has 1 heterocycles. The van der Waals surface area contributed by atoms with E-state index in [0.717, 1.165) is 11.1 Å². The highest BCUT2D eigenvalue weighted by Gasteiger charge is 2.09. The van der Waals surface area contributed by atoms with Gasteiger partial charge in [-0.2, -0.15) is 4.57 Å². The van der Waals surface area contributed by atoms with Gasteiger partial charge in [0.05, 0.1) is 6.20 Å². The lowest BCUT2D eigenvalue weighted by atomic mass is 10.1. The standard InChI is InChI=1S/C18H17N2/c1-14-11-12-20(17-10-6-5-9-16(14)17)18(19)13-15-7-3-2-4-8-15/h2-13H,19H2,1H3/q+1. The van der Waals surface area contributed by atoms with Crippen LogP contribution >= 0.6 is 0 Å². The number of pyridine rings is 1. The normalized spacial score (nSPS) is 11.8. The smallest absolute Gasteiger partial charge is 0.278 e. The van der Waals surface area contributed by atoms with Crippen LogP contribution in [0.3, 0.4) is 0 Å². The van der Waals surface area contributed by atoms with Crippen LogP contribution in [0.1, 0.15) is 11.1 Å². The zero-order chi connectivity index (χ0) is 13.9. The summed E-state index contributed by atoms with van der Waals surface area (Å²) in [4.78, 5) is 0. The Morgan fingerprint density at radius 1 is 0.950 bits per heavy atom. The highest BCUT2D eigenvalue weighted by molar-refractivity contribution is 5.80. The summed E-state index contributed by atoms with van der Waals surface area (Å²) in [6.07, 6.45) is 4.01. The van der Waals surface area contributed by atoms with Gasteiger partial charge in [0.25, 0.3) is 5.82 Å². The van der Waals surface area contributed by atoms with E-state index in [2.05, 4.69) is 31.2 Å². The fourth-order valence-corrected chi connectivity index (χ4v) is 2.39. The van der Waals surface area contributed by atoms with Crippen LogP contribution in [0.15, 0.2) is 66.9 Å². The summed E-state index contributed by atoms with van der Waals surface area (Å²) in [6.45, 7) is 2.11. The summed E-state index contributed by atoms with van der Waals surface area (Å²) in [7, 11) is 0. The second-order valence-corrected chi connectivity index (χ2v) is 4.87. The SMILES string of the molecule is Cc1cc[n+](C(N)=Cc2ccccc2)c2ccccc12. The molecule has 0 aliphatic rings. The molecule has 3 aromatic rings. The quantitative estimate of drug-likeness (QED) is 0.704. The molecule has 0 spiro atoms. The van der Waals surface area contributed by atoms with Crippen molar-refractivity contribution in [2.24, 2.45) is 5.73 Å². The number of nitrogens with zero attached hydrogens (tertiary/aromatic N) is 1. The van der Waals surface area contributed by atoms with E-state index in [1.54, 1.807) is 0 Å². The van der Waals surface area contributed by atoms with Crippen LogP contribution in [-0.4, -0.2) is 0 Å². The fraction of sp³-hybridized carbons (Fsp3) is 0.0556. The van der Waals surface area contributed by atoms with Gasteiger partial charge >= 0.3 is 0 Å². The molecule has 0 unspecified atom stereocenters. The van der Waals surface area contributed by atoms with Crippen molar-refractivity contribution in [1.29, 1.82) is 0 Å². The van der Waals surface area contributed by atoms with Crippen LogP contribution in [0.5, 0.6) is 0 Å². The van der Waals surface area contributed by atoms with Crippen molar-refractivity contribution in [3.05, 3.63) is 78.0 Å². The minimum atomic E-state index is 0.715. The van der Waals surface area contributed by atoms with Gasteiger partial charge in [-0.05, 0) is 30.2 Å². The number of hydrogen-bond acceptors (Lipinski definition) is 1. The predicted octanol–water partition coefficient (Wildman–Crippen LogP) is 3.35. The van der Waals surface area contributed by atoms with Gasteiger partial charge in [-0.1, -0.05) is 48.5 Å². The average molecular weight is 261 g/mol. The minimum absolute atomic E-state index is 0.715. The summed E-state index contributed by atoms with van der Waals surface area (Å²) >= 11 is 0. The topological polar surface area (TPSA) is 29.9 Å². The van der Waals surface area contributed by atoms with Crippen molar-refractivity contribution < 1.29 is 4.57 Å². The Hall–Kier alpha value is -2.61. The Morgan fingerprint density at radius 3 is 2.45 bits per heavy atom. The van der Waals surface area contributed by atoms with Crippen molar-refractivity contribution in [2.45, 2.75) is 6.92 Å². The van der Waals surface area contributed by atoms with Crippen molar-refractivity contribution >= 4 is 22.8 Å². The fourth-order valence-electron chi connectivity index (χ4n) is 2.39. The van der Waals surface area contributed by atoms with Gasteiger partial charge < -0.3 is 0 Å². The van der Waals surface area contributed by atoms with Gasteiger partial charge in [-0.3, -0.25) is 5.73 Å². The molecular formula is C18H17N2+. The molecule has 1 aromatic heterocycles. The Labute approximate surface area is 118 Å². The van der Waals surface area contributed by atoms with Gasteiger partial charge in [0, 0.05) is 11.5 Å². The molecule has 2 N–H and O–H groups in total. The Morgan fingerprint density at radius 2 is 1.65 bits per heavy atom. The van der Waals surface area contributed by atoms with Gasteiger partial charge in [0.15, 0.2) is 0 Å². The first-order valence-corrected chi connectivity index (χ1v) is 6.68. The van der Waals surface area contributed by atoms with Crippen LogP contribution in [0.2, 0.25) is 0 Å². The molecule has 0 radical (unpaired) electrons. The minimum Gasteiger partial charge on any atom is -0.287 e. The summed E-state index contributed by atoms with van der Waals surface area (Å²) in [6, 6.07) is 20.5. The molecule has 0 fully saturated rings. The number of hydrogen-bond donors (Lipinski definition) is 1. The first-order chi connectivity index (χ1) is 9.75. The van der Waals surface area contributed by atoms with E-state index in [1.807, 2.05) is 53.2 Å². The van der Waals surface area contributed by atoms with E-state index in [1.165, 1.54) is 10.9 Å². The molecule has 3 rings (SSSR count). The van der Waals surface area contributed by atoms with Crippen LogP contribution in [0, 0.1) is 6.92 Å². The van der Waals surface area contributed by atoms with E-state index < -0.39 is 0 Å². The highest BCUT2D eigenvalue weighted by Crippen LogP contribution is 2.15. The molecule has 0 aliphatic carbocycles. The van der Waals surface area contributed by atoms with Crippen molar-refractivity contribution in [2.75, 3.05) is 0 Å². The number of para-hydroxylation sites is 1. The molecular weight excluding hydrogens is 244 g/mol. The van der Waals surface area contributed by atoms with E-state index in [0.29, 0.717) is 5.82 Å². The zero-order valence-corrected chi connectivity index (χ0v) is 11.5. The number of rotatable bonds is 2. The molecule has 2 heteroatoms. The molecule has 0 bridgehead atoms. The van der Waals surface area contributed by atoms with Crippen molar-refractivity contribution in [1.82, 2.24) is 0 Å². The number of benzene rings is 2. The van der Waals surface area contributed by atoms with E-state index in [4.69, 9.17) is 5.73 Å². The van der Waals surface area contributed by atoms with Gasteiger partial charge in [0.2, 0.25) is 0 Å². The maximum atomic E-state index is 6.27.